The first-order chi connectivity index (χ1) is 18.1. The fourth-order valence-corrected chi connectivity index (χ4v) is 5.73. The Hall–Kier alpha value is -3.98. The van der Waals surface area contributed by atoms with Crippen molar-refractivity contribution in [2.75, 3.05) is 9.62 Å². The zero-order valence-corrected chi connectivity index (χ0v) is 22.0. The van der Waals surface area contributed by atoms with E-state index < -0.39 is 47.7 Å². The van der Waals surface area contributed by atoms with Gasteiger partial charge in [-0.3, -0.25) is 14.5 Å². The number of hydrogen-bond donors (Lipinski definition) is 1. The molecule has 1 N–H and O–H groups in total. The number of carbonyl (C=O) groups is 2. The zero-order valence-electron chi connectivity index (χ0n) is 20.4. The van der Waals surface area contributed by atoms with E-state index >= 15 is 0 Å². The lowest BCUT2D eigenvalue weighted by molar-refractivity contribution is -0.123. The third-order valence-corrected chi connectivity index (χ3v) is 8.95. The highest BCUT2D eigenvalue weighted by atomic mass is 32.2. The second-order valence-electron chi connectivity index (χ2n) is 8.96. The van der Waals surface area contributed by atoms with Crippen LogP contribution in [-0.4, -0.2) is 49.7 Å². The fraction of sp³-hybridized carbons (Fsp3) is 0.208. The third kappa shape index (κ3) is 5.06. The molecule has 1 aliphatic rings. The molecule has 2 heterocycles. The van der Waals surface area contributed by atoms with Crippen LogP contribution in [0.1, 0.15) is 19.4 Å². The molecule has 39 heavy (non-hydrogen) atoms. The molecule has 206 valence electrons. The number of carbonyl (C=O) groups excluding carboxylic acids is 2. The summed E-state index contributed by atoms with van der Waals surface area (Å²) in [5, 5.41) is 0. The number of rotatable bonds is 7. The average Bonchev–Trinajstić information content (AvgIpc) is 3.04. The number of urea groups is 1. The van der Waals surface area contributed by atoms with Crippen molar-refractivity contribution in [2.45, 2.75) is 41.2 Å². The Morgan fingerprint density at radius 1 is 0.897 bits per heavy atom. The Labute approximate surface area is 222 Å². The molecule has 10 nitrogen and oxygen atoms in total. The molecule has 1 aromatic heterocycles. The number of sulfone groups is 1. The number of alkyl halides is 3. The molecule has 3 amide bonds. The van der Waals surface area contributed by atoms with Gasteiger partial charge in [-0.1, -0.05) is 18.2 Å². The summed E-state index contributed by atoms with van der Waals surface area (Å²) in [4.78, 5) is 31.4. The molecule has 4 rings (SSSR count). The molecule has 0 bridgehead atoms. The molecule has 15 heteroatoms. The van der Waals surface area contributed by atoms with Crippen LogP contribution in [0.4, 0.5) is 29.3 Å². The Kier molecular flexibility index (Phi) is 6.93. The van der Waals surface area contributed by atoms with Gasteiger partial charge in [-0.15, -0.1) is 0 Å². The molecule has 1 fully saturated rings. The zero-order chi connectivity index (χ0) is 28.8. The second-order valence-corrected chi connectivity index (χ2v) is 12.6. The molecular formula is C24H21F3N4O6S2. The summed E-state index contributed by atoms with van der Waals surface area (Å²) in [6.45, 7) is 2.67. The van der Waals surface area contributed by atoms with Gasteiger partial charge in [0.05, 0.1) is 33.9 Å². The minimum absolute atomic E-state index is 0.00489. The smallest absolute Gasteiger partial charge is 0.305 e. The van der Waals surface area contributed by atoms with Gasteiger partial charge >= 0.3 is 11.5 Å². The molecule has 0 saturated carbocycles. The van der Waals surface area contributed by atoms with Gasteiger partial charge in [0.25, 0.3) is 25.8 Å². The summed E-state index contributed by atoms with van der Waals surface area (Å²) in [5.74, 6) is -0.723. The molecule has 0 unspecified atom stereocenters. The van der Waals surface area contributed by atoms with Crippen molar-refractivity contribution in [3.8, 4) is 0 Å². The minimum Gasteiger partial charge on any atom is -0.305 e. The standard InChI is InChI=1S/C24H21F3N4O6S2/c1-23(2)21(32)31(17-8-10-18(11-9-17)38(34,35)24(25,26)27)22(33)30(23)15-16-12-13-28-14-20(16)29-39(36,37)19-6-4-3-5-7-19/h3-14,29H,15H2,1-2H3. The molecule has 0 radical (unpaired) electrons. The number of imide groups is 1. The fourth-order valence-electron chi connectivity index (χ4n) is 3.86. The van der Waals surface area contributed by atoms with E-state index in [1.165, 1.54) is 44.4 Å². The summed E-state index contributed by atoms with van der Waals surface area (Å²) >= 11 is 0. The van der Waals surface area contributed by atoms with Crippen LogP contribution in [0.5, 0.6) is 0 Å². The molecule has 0 spiro atoms. The van der Waals surface area contributed by atoms with Crippen molar-refractivity contribution in [3.63, 3.8) is 0 Å². The van der Waals surface area contributed by atoms with E-state index in [9.17, 15) is 39.6 Å². The van der Waals surface area contributed by atoms with Gasteiger partial charge in [-0.2, -0.15) is 13.2 Å². The first kappa shape index (κ1) is 28.0. The van der Waals surface area contributed by atoms with Crippen LogP contribution in [0.2, 0.25) is 0 Å². The highest BCUT2D eigenvalue weighted by Crippen LogP contribution is 2.36. The van der Waals surface area contributed by atoms with Crippen LogP contribution in [-0.2, 0) is 31.2 Å². The lowest BCUT2D eigenvalue weighted by atomic mass is 10.0. The van der Waals surface area contributed by atoms with E-state index in [1.807, 2.05) is 0 Å². The Morgan fingerprint density at radius 3 is 2.10 bits per heavy atom. The van der Waals surface area contributed by atoms with E-state index in [1.54, 1.807) is 18.2 Å². The van der Waals surface area contributed by atoms with E-state index in [2.05, 4.69) is 9.71 Å². The second kappa shape index (κ2) is 9.64. The van der Waals surface area contributed by atoms with Gasteiger partial charge in [0.1, 0.15) is 5.54 Å². The van der Waals surface area contributed by atoms with Crippen LogP contribution in [0.15, 0.2) is 82.8 Å². The maximum Gasteiger partial charge on any atom is 0.501 e. The third-order valence-electron chi connectivity index (χ3n) is 6.07. The summed E-state index contributed by atoms with van der Waals surface area (Å²) in [7, 11) is -9.62. The van der Waals surface area contributed by atoms with E-state index in [0.29, 0.717) is 17.7 Å². The minimum atomic E-state index is -5.62. The highest BCUT2D eigenvalue weighted by molar-refractivity contribution is 7.92. The lowest BCUT2D eigenvalue weighted by Crippen LogP contribution is -2.43. The van der Waals surface area contributed by atoms with Crippen molar-refractivity contribution in [1.82, 2.24) is 9.88 Å². The number of aromatic nitrogens is 1. The number of amides is 3. The van der Waals surface area contributed by atoms with Crippen LogP contribution < -0.4 is 9.62 Å². The largest absolute Gasteiger partial charge is 0.501 e. The number of nitrogens with zero attached hydrogens (tertiary/aromatic N) is 3. The van der Waals surface area contributed by atoms with Gasteiger partial charge in [0.15, 0.2) is 0 Å². The molecule has 2 aromatic carbocycles. The molecular weight excluding hydrogens is 561 g/mol. The number of pyridine rings is 1. The Morgan fingerprint density at radius 2 is 1.51 bits per heavy atom. The Bertz CT molecular complexity index is 1640. The number of sulfonamides is 1. The van der Waals surface area contributed by atoms with Crippen molar-refractivity contribution < 1.29 is 39.6 Å². The normalized spacial score (nSPS) is 16.0. The van der Waals surface area contributed by atoms with Gasteiger partial charge in [0, 0.05) is 6.20 Å². The first-order valence-corrected chi connectivity index (χ1v) is 14.1. The van der Waals surface area contributed by atoms with Crippen LogP contribution in [0, 0.1) is 0 Å². The van der Waals surface area contributed by atoms with E-state index in [4.69, 9.17) is 0 Å². The van der Waals surface area contributed by atoms with E-state index in [-0.39, 0.29) is 22.8 Å². The molecule has 3 aromatic rings. The predicted octanol–water partition coefficient (Wildman–Crippen LogP) is 3.92. The van der Waals surface area contributed by atoms with Gasteiger partial charge < -0.3 is 4.90 Å². The van der Waals surface area contributed by atoms with Crippen LogP contribution >= 0.6 is 0 Å². The van der Waals surface area contributed by atoms with Gasteiger partial charge in [-0.25, -0.2) is 26.5 Å². The average molecular weight is 583 g/mol. The summed E-state index contributed by atoms with van der Waals surface area (Å²) in [6.07, 6.45) is 2.63. The Balaban J connectivity index is 1.63. The van der Waals surface area contributed by atoms with Crippen molar-refractivity contribution in [1.29, 1.82) is 0 Å². The van der Waals surface area contributed by atoms with Gasteiger partial charge in [0.2, 0.25) is 0 Å². The quantitative estimate of drug-likeness (QED) is 0.418. The van der Waals surface area contributed by atoms with Crippen molar-refractivity contribution >= 4 is 43.2 Å². The summed E-state index contributed by atoms with van der Waals surface area (Å²) in [6, 6.07) is 11.4. The highest BCUT2D eigenvalue weighted by Gasteiger charge is 2.52. The lowest BCUT2D eigenvalue weighted by Gasteiger charge is -2.28. The number of halogens is 3. The maximum absolute atomic E-state index is 13.4. The van der Waals surface area contributed by atoms with Crippen molar-refractivity contribution in [3.05, 3.63) is 78.6 Å². The molecule has 0 atom stereocenters. The monoisotopic (exact) mass is 582 g/mol. The SMILES string of the molecule is CC1(C)C(=O)N(c2ccc(S(=O)(=O)C(F)(F)F)cc2)C(=O)N1Cc1ccncc1NS(=O)(=O)c1ccccc1. The molecule has 1 aliphatic heterocycles. The van der Waals surface area contributed by atoms with E-state index in [0.717, 1.165) is 21.9 Å². The number of hydrogen-bond acceptors (Lipinski definition) is 7. The van der Waals surface area contributed by atoms with Crippen LogP contribution in [0.3, 0.4) is 0 Å². The predicted molar refractivity (Wildman–Crippen MR) is 134 cm³/mol. The maximum atomic E-state index is 13.4. The molecule has 1 saturated heterocycles. The summed E-state index contributed by atoms with van der Waals surface area (Å²) in [5.41, 5.74) is -6.73. The summed E-state index contributed by atoms with van der Waals surface area (Å²) < 4.78 is 90.1. The van der Waals surface area contributed by atoms with Gasteiger partial charge in [-0.05, 0) is 61.9 Å². The number of anilines is 2. The first-order valence-electron chi connectivity index (χ1n) is 11.2. The molecule has 0 aliphatic carbocycles. The van der Waals surface area contributed by atoms with Crippen molar-refractivity contribution in [2.24, 2.45) is 0 Å². The topological polar surface area (TPSA) is 134 Å². The van der Waals surface area contributed by atoms with Crippen LogP contribution in [0.25, 0.3) is 0 Å². The number of nitrogens with one attached hydrogen (secondary N) is 1. The number of benzene rings is 2.